The fraction of sp³-hybridized carbons (Fsp3) is 0.857. The van der Waals surface area contributed by atoms with Crippen molar-refractivity contribution < 1.29 is 9.90 Å². The number of fused-ring (bicyclic) bond motifs is 5. The molecular formula is C21H32O2. The highest BCUT2D eigenvalue weighted by Gasteiger charge is 2.60. The molecule has 7 atom stereocenters. The number of aliphatic hydroxyl groups excluding tert-OH is 1. The van der Waals surface area contributed by atoms with E-state index in [0.717, 1.165) is 37.5 Å². The third-order valence-corrected chi connectivity index (χ3v) is 8.60. The quantitative estimate of drug-likeness (QED) is 0.772. The molecule has 0 aromatic heterocycles. The summed E-state index contributed by atoms with van der Waals surface area (Å²) in [6.45, 7) is 7.04. The minimum Gasteiger partial charge on any atom is -0.392 e. The summed E-state index contributed by atoms with van der Waals surface area (Å²) in [6, 6.07) is 0. The first-order valence-corrected chi connectivity index (χ1v) is 9.82. The van der Waals surface area contributed by atoms with Crippen molar-refractivity contribution in [1.29, 1.82) is 0 Å². The molecule has 2 heteroatoms. The Bertz CT molecular complexity index is 550. The van der Waals surface area contributed by atoms with Gasteiger partial charge in [-0.3, -0.25) is 4.79 Å². The van der Waals surface area contributed by atoms with E-state index in [0.29, 0.717) is 17.6 Å². The Morgan fingerprint density at radius 3 is 2.70 bits per heavy atom. The monoisotopic (exact) mass is 316 g/mol. The van der Waals surface area contributed by atoms with Crippen molar-refractivity contribution in [2.45, 2.75) is 78.2 Å². The topological polar surface area (TPSA) is 37.3 Å². The average molecular weight is 316 g/mol. The van der Waals surface area contributed by atoms with Crippen LogP contribution in [0.4, 0.5) is 0 Å². The van der Waals surface area contributed by atoms with Crippen molar-refractivity contribution in [3.63, 3.8) is 0 Å². The summed E-state index contributed by atoms with van der Waals surface area (Å²) >= 11 is 0. The van der Waals surface area contributed by atoms with Crippen LogP contribution in [-0.4, -0.2) is 17.0 Å². The first-order valence-electron chi connectivity index (χ1n) is 9.82. The summed E-state index contributed by atoms with van der Waals surface area (Å²) in [5, 5.41) is 10.9. The molecule has 23 heavy (non-hydrogen) atoms. The van der Waals surface area contributed by atoms with Crippen molar-refractivity contribution in [3.05, 3.63) is 11.6 Å². The lowest BCUT2D eigenvalue weighted by atomic mass is 9.47. The molecule has 0 saturated heterocycles. The second-order valence-corrected chi connectivity index (χ2v) is 9.36. The van der Waals surface area contributed by atoms with Crippen LogP contribution in [0.5, 0.6) is 0 Å². The van der Waals surface area contributed by atoms with Gasteiger partial charge < -0.3 is 5.11 Å². The maximum Gasteiger partial charge on any atom is 0.155 e. The van der Waals surface area contributed by atoms with Gasteiger partial charge in [-0.15, -0.1) is 0 Å². The summed E-state index contributed by atoms with van der Waals surface area (Å²) in [4.78, 5) is 11.9. The molecule has 2 nitrogen and oxygen atoms in total. The Balaban J connectivity index is 1.67. The molecule has 1 N–H and O–H groups in total. The van der Waals surface area contributed by atoms with Crippen LogP contribution >= 0.6 is 0 Å². The van der Waals surface area contributed by atoms with E-state index < -0.39 is 0 Å². The molecule has 0 bridgehead atoms. The number of ketones is 1. The zero-order valence-electron chi connectivity index (χ0n) is 15.0. The van der Waals surface area contributed by atoms with Gasteiger partial charge in [0.2, 0.25) is 0 Å². The van der Waals surface area contributed by atoms with Crippen LogP contribution in [-0.2, 0) is 4.79 Å². The predicted octanol–water partition coefficient (Wildman–Crippen LogP) is 4.52. The fourth-order valence-corrected chi connectivity index (χ4v) is 7.10. The zero-order chi connectivity index (χ0) is 16.4. The SMILES string of the molecule is CCC1C[C@H]2[C@@H]3CCC4=CC(=O)CC[C@]4(C)[C@@H]3CC[C@]2(C)C1O. The Morgan fingerprint density at radius 1 is 1.17 bits per heavy atom. The lowest BCUT2D eigenvalue weighted by Crippen LogP contribution is -2.51. The van der Waals surface area contributed by atoms with E-state index >= 15 is 0 Å². The smallest absolute Gasteiger partial charge is 0.155 e. The van der Waals surface area contributed by atoms with Crippen LogP contribution in [0.25, 0.3) is 0 Å². The van der Waals surface area contributed by atoms with E-state index in [2.05, 4.69) is 20.8 Å². The van der Waals surface area contributed by atoms with Gasteiger partial charge in [-0.05, 0) is 79.1 Å². The minimum atomic E-state index is -0.101. The Kier molecular flexibility index (Phi) is 3.58. The van der Waals surface area contributed by atoms with Gasteiger partial charge in [-0.1, -0.05) is 32.8 Å². The number of aliphatic hydroxyl groups is 1. The summed E-state index contributed by atoms with van der Waals surface area (Å²) < 4.78 is 0. The molecule has 4 aliphatic rings. The van der Waals surface area contributed by atoms with Crippen LogP contribution in [0.1, 0.15) is 72.1 Å². The Hall–Kier alpha value is -0.630. The first-order chi connectivity index (χ1) is 10.9. The van der Waals surface area contributed by atoms with Crippen molar-refractivity contribution >= 4 is 5.78 Å². The van der Waals surface area contributed by atoms with Crippen molar-refractivity contribution in [3.8, 4) is 0 Å². The molecule has 0 aromatic rings. The summed E-state index contributed by atoms with van der Waals surface area (Å²) in [5.74, 6) is 3.03. The van der Waals surface area contributed by atoms with Gasteiger partial charge in [0.1, 0.15) is 0 Å². The van der Waals surface area contributed by atoms with Gasteiger partial charge in [-0.2, -0.15) is 0 Å². The maximum atomic E-state index is 11.9. The molecule has 128 valence electrons. The second-order valence-electron chi connectivity index (χ2n) is 9.36. The van der Waals surface area contributed by atoms with Crippen LogP contribution < -0.4 is 0 Å². The van der Waals surface area contributed by atoms with E-state index in [1.807, 2.05) is 6.08 Å². The van der Waals surface area contributed by atoms with E-state index in [1.54, 1.807) is 0 Å². The molecule has 0 amide bonds. The third-order valence-electron chi connectivity index (χ3n) is 8.60. The van der Waals surface area contributed by atoms with E-state index in [1.165, 1.54) is 31.3 Å². The number of carbonyl (C=O) groups excluding carboxylic acids is 1. The molecule has 0 aliphatic heterocycles. The highest BCUT2D eigenvalue weighted by Crippen LogP contribution is 2.66. The molecule has 2 unspecified atom stereocenters. The predicted molar refractivity (Wildman–Crippen MR) is 91.9 cm³/mol. The number of rotatable bonds is 1. The molecule has 0 radical (unpaired) electrons. The molecule has 4 aliphatic carbocycles. The highest BCUT2D eigenvalue weighted by atomic mass is 16.3. The van der Waals surface area contributed by atoms with E-state index in [4.69, 9.17) is 0 Å². The Labute approximate surface area is 140 Å². The van der Waals surface area contributed by atoms with Crippen LogP contribution in [0, 0.1) is 34.5 Å². The van der Waals surface area contributed by atoms with Gasteiger partial charge >= 0.3 is 0 Å². The van der Waals surface area contributed by atoms with Gasteiger partial charge in [0.15, 0.2) is 5.78 Å². The minimum absolute atomic E-state index is 0.101. The standard InChI is InChI=1S/C21H32O2/c1-4-13-11-18-16-6-5-14-12-15(22)7-9-20(14,2)17(16)8-10-21(18,3)19(13)23/h12-13,16-19,23H,4-11H2,1-3H3/t13?,16-,17-,18+,19?,20+,21+/m1/s1. The van der Waals surface area contributed by atoms with Gasteiger partial charge in [0.25, 0.3) is 0 Å². The average Bonchev–Trinajstić information content (AvgIpc) is 2.79. The zero-order valence-corrected chi connectivity index (χ0v) is 15.0. The van der Waals surface area contributed by atoms with Crippen LogP contribution in [0.2, 0.25) is 0 Å². The Morgan fingerprint density at radius 2 is 1.96 bits per heavy atom. The number of hydrogen-bond donors (Lipinski definition) is 1. The summed E-state index contributed by atoms with van der Waals surface area (Å²) in [6.07, 6.45) is 10.8. The molecule has 3 fully saturated rings. The van der Waals surface area contributed by atoms with Crippen LogP contribution in [0.3, 0.4) is 0 Å². The molecule has 0 heterocycles. The second kappa shape index (κ2) is 5.18. The van der Waals surface area contributed by atoms with Crippen molar-refractivity contribution in [2.24, 2.45) is 34.5 Å². The van der Waals surface area contributed by atoms with Crippen LogP contribution in [0.15, 0.2) is 11.6 Å². The third kappa shape index (κ3) is 2.06. The molecule has 3 saturated carbocycles. The van der Waals surface area contributed by atoms with Gasteiger partial charge in [0, 0.05) is 6.42 Å². The van der Waals surface area contributed by atoms with Gasteiger partial charge in [0.05, 0.1) is 6.10 Å². The molecule has 4 rings (SSSR count). The van der Waals surface area contributed by atoms with E-state index in [-0.39, 0.29) is 16.9 Å². The fourth-order valence-electron chi connectivity index (χ4n) is 7.10. The molecule has 0 spiro atoms. The number of allylic oxidation sites excluding steroid dienone is 1. The molecular weight excluding hydrogens is 284 g/mol. The summed E-state index contributed by atoms with van der Waals surface area (Å²) in [5.41, 5.74) is 1.85. The van der Waals surface area contributed by atoms with E-state index in [9.17, 15) is 9.90 Å². The number of hydrogen-bond acceptors (Lipinski definition) is 2. The summed E-state index contributed by atoms with van der Waals surface area (Å²) in [7, 11) is 0. The van der Waals surface area contributed by atoms with Crippen molar-refractivity contribution in [2.75, 3.05) is 0 Å². The first kappa shape index (κ1) is 15.9. The highest BCUT2D eigenvalue weighted by molar-refractivity contribution is 5.91. The largest absolute Gasteiger partial charge is 0.392 e. The molecule has 0 aromatic carbocycles. The lowest BCUT2D eigenvalue weighted by Gasteiger charge is -2.57. The van der Waals surface area contributed by atoms with Crippen molar-refractivity contribution in [1.82, 2.24) is 0 Å². The maximum absolute atomic E-state index is 11.9. The lowest BCUT2D eigenvalue weighted by molar-refractivity contribution is -0.118. The number of carbonyl (C=O) groups is 1. The normalized spacial score (nSPS) is 52.4. The van der Waals surface area contributed by atoms with Gasteiger partial charge in [-0.25, -0.2) is 0 Å².